The standard InChI is InChI=1S/C9H17N3O4S/c1-6(8(13)12-9(14)10-2)17(15,16)5-7-3-11-4-7/h6-7,11H,3-5H2,1-2H3,(H2,10,12,13,14). The van der Waals surface area contributed by atoms with E-state index in [1.165, 1.54) is 14.0 Å². The molecule has 3 N–H and O–H groups in total. The smallest absolute Gasteiger partial charge is 0.321 e. The fraction of sp³-hybridized carbons (Fsp3) is 0.778. The van der Waals surface area contributed by atoms with Crippen LogP contribution in [0.5, 0.6) is 0 Å². The van der Waals surface area contributed by atoms with Crippen molar-refractivity contribution in [2.24, 2.45) is 5.92 Å². The summed E-state index contributed by atoms with van der Waals surface area (Å²) in [6.07, 6.45) is 0. The molecule has 1 fully saturated rings. The summed E-state index contributed by atoms with van der Waals surface area (Å²) < 4.78 is 23.6. The lowest BCUT2D eigenvalue weighted by molar-refractivity contribution is -0.119. The van der Waals surface area contributed by atoms with Gasteiger partial charge in [-0.15, -0.1) is 0 Å². The first-order valence-electron chi connectivity index (χ1n) is 5.31. The number of sulfone groups is 1. The Labute approximate surface area is 100 Å². The molecule has 98 valence electrons. The van der Waals surface area contributed by atoms with E-state index in [1.54, 1.807) is 0 Å². The Hall–Kier alpha value is -1.15. The molecule has 0 bridgehead atoms. The first-order valence-corrected chi connectivity index (χ1v) is 7.03. The Morgan fingerprint density at radius 3 is 2.41 bits per heavy atom. The summed E-state index contributed by atoms with van der Waals surface area (Å²) in [6, 6.07) is -0.706. The Bertz CT molecular complexity index is 402. The molecule has 1 aliphatic heterocycles. The molecule has 0 aromatic carbocycles. The zero-order valence-electron chi connectivity index (χ0n) is 9.82. The average molecular weight is 263 g/mol. The third-order valence-electron chi connectivity index (χ3n) is 2.71. The van der Waals surface area contributed by atoms with E-state index in [1.807, 2.05) is 5.32 Å². The number of hydrogen-bond donors (Lipinski definition) is 3. The van der Waals surface area contributed by atoms with Gasteiger partial charge in [0.15, 0.2) is 9.84 Å². The summed E-state index contributed by atoms with van der Waals surface area (Å²) in [5, 5.41) is 5.91. The third kappa shape index (κ3) is 3.67. The van der Waals surface area contributed by atoms with Crippen molar-refractivity contribution in [2.45, 2.75) is 12.2 Å². The summed E-state index contributed by atoms with van der Waals surface area (Å²) in [7, 11) is -2.16. The van der Waals surface area contributed by atoms with Gasteiger partial charge in [-0.1, -0.05) is 0 Å². The predicted molar refractivity (Wildman–Crippen MR) is 62.2 cm³/mol. The van der Waals surface area contributed by atoms with Crippen molar-refractivity contribution in [1.82, 2.24) is 16.0 Å². The quantitative estimate of drug-likeness (QED) is 0.570. The number of carbonyl (C=O) groups excluding carboxylic acids is 2. The molecule has 0 aromatic heterocycles. The molecule has 1 rings (SSSR count). The number of imide groups is 1. The van der Waals surface area contributed by atoms with E-state index in [0.717, 1.165) is 0 Å². The highest BCUT2D eigenvalue weighted by atomic mass is 32.2. The second-order valence-corrected chi connectivity index (χ2v) is 6.43. The largest absolute Gasteiger partial charge is 0.341 e. The maximum absolute atomic E-state index is 11.8. The Kier molecular flexibility index (Phi) is 4.47. The molecule has 0 aliphatic carbocycles. The molecule has 3 amide bonds. The van der Waals surface area contributed by atoms with E-state index in [4.69, 9.17) is 0 Å². The SMILES string of the molecule is CNC(=O)NC(=O)C(C)S(=O)(=O)CC1CNC1. The minimum Gasteiger partial charge on any atom is -0.341 e. The van der Waals surface area contributed by atoms with Crippen molar-refractivity contribution in [2.75, 3.05) is 25.9 Å². The van der Waals surface area contributed by atoms with Crippen molar-refractivity contribution in [3.63, 3.8) is 0 Å². The first kappa shape index (κ1) is 13.9. The number of amides is 3. The lowest BCUT2D eigenvalue weighted by Gasteiger charge is -2.27. The molecular formula is C9H17N3O4S. The number of carbonyl (C=O) groups is 2. The van der Waals surface area contributed by atoms with Gasteiger partial charge in [0.2, 0.25) is 5.91 Å². The van der Waals surface area contributed by atoms with Gasteiger partial charge in [0, 0.05) is 20.1 Å². The summed E-state index contributed by atoms with van der Waals surface area (Å²) in [5.41, 5.74) is 0. The Balaban J connectivity index is 2.57. The molecule has 17 heavy (non-hydrogen) atoms. The summed E-state index contributed by atoms with van der Waals surface area (Å²) in [4.78, 5) is 22.4. The van der Waals surface area contributed by atoms with Crippen molar-refractivity contribution in [1.29, 1.82) is 0 Å². The van der Waals surface area contributed by atoms with Crippen LogP contribution in [0.1, 0.15) is 6.92 Å². The van der Waals surface area contributed by atoms with Gasteiger partial charge in [0.25, 0.3) is 0 Å². The van der Waals surface area contributed by atoms with Crippen LogP contribution in [0.4, 0.5) is 4.79 Å². The molecule has 1 atom stereocenters. The van der Waals surface area contributed by atoms with Crippen LogP contribution in [0.25, 0.3) is 0 Å². The van der Waals surface area contributed by atoms with Gasteiger partial charge in [-0.05, 0) is 12.8 Å². The zero-order chi connectivity index (χ0) is 13.1. The molecule has 0 radical (unpaired) electrons. The number of hydrogen-bond acceptors (Lipinski definition) is 5. The van der Waals surface area contributed by atoms with Crippen LogP contribution in [-0.4, -0.2) is 51.5 Å². The maximum Gasteiger partial charge on any atom is 0.321 e. The van der Waals surface area contributed by atoms with Crippen LogP contribution in [0.15, 0.2) is 0 Å². The van der Waals surface area contributed by atoms with Gasteiger partial charge < -0.3 is 10.6 Å². The molecule has 1 aliphatic rings. The minimum atomic E-state index is -3.51. The lowest BCUT2D eigenvalue weighted by Crippen LogP contribution is -2.50. The maximum atomic E-state index is 11.8. The molecule has 0 spiro atoms. The molecule has 0 saturated carbocycles. The van der Waals surface area contributed by atoms with Gasteiger partial charge in [-0.2, -0.15) is 0 Å². The number of rotatable bonds is 4. The summed E-state index contributed by atoms with van der Waals surface area (Å²) in [6.45, 7) is 2.60. The van der Waals surface area contributed by atoms with E-state index in [9.17, 15) is 18.0 Å². The molecule has 7 nitrogen and oxygen atoms in total. The molecular weight excluding hydrogens is 246 g/mol. The second kappa shape index (κ2) is 5.46. The Morgan fingerprint density at radius 2 is 2.00 bits per heavy atom. The fourth-order valence-corrected chi connectivity index (χ4v) is 2.94. The zero-order valence-corrected chi connectivity index (χ0v) is 10.6. The highest BCUT2D eigenvalue weighted by Gasteiger charge is 2.33. The Morgan fingerprint density at radius 1 is 1.41 bits per heavy atom. The molecule has 1 heterocycles. The highest BCUT2D eigenvalue weighted by molar-refractivity contribution is 7.92. The van der Waals surface area contributed by atoms with Gasteiger partial charge in [0.1, 0.15) is 5.25 Å². The van der Waals surface area contributed by atoms with Crippen LogP contribution >= 0.6 is 0 Å². The summed E-state index contributed by atoms with van der Waals surface area (Å²) >= 11 is 0. The van der Waals surface area contributed by atoms with Crippen molar-refractivity contribution >= 4 is 21.8 Å². The fourth-order valence-electron chi connectivity index (χ4n) is 1.38. The van der Waals surface area contributed by atoms with Crippen molar-refractivity contribution in [3.05, 3.63) is 0 Å². The lowest BCUT2D eigenvalue weighted by atomic mass is 10.1. The summed E-state index contributed by atoms with van der Waals surface area (Å²) in [5.74, 6) is -0.755. The highest BCUT2D eigenvalue weighted by Crippen LogP contribution is 2.11. The van der Waals surface area contributed by atoms with Crippen LogP contribution < -0.4 is 16.0 Å². The van der Waals surface area contributed by atoms with Gasteiger partial charge in [-0.25, -0.2) is 13.2 Å². The normalized spacial score (nSPS) is 18.0. The van der Waals surface area contributed by atoms with Crippen LogP contribution in [0.2, 0.25) is 0 Å². The molecule has 0 aromatic rings. The van der Waals surface area contributed by atoms with Crippen LogP contribution in [0.3, 0.4) is 0 Å². The van der Waals surface area contributed by atoms with Crippen molar-refractivity contribution < 1.29 is 18.0 Å². The van der Waals surface area contributed by atoms with E-state index >= 15 is 0 Å². The first-order chi connectivity index (χ1) is 7.86. The topological polar surface area (TPSA) is 104 Å². The number of nitrogens with one attached hydrogen (secondary N) is 3. The van der Waals surface area contributed by atoms with E-state index < -0.39 is 27.0 Å². The second-order valence-electron chi connectivity index (χ2n) is 4.06. The van der Waals surface area contributed by atoms with Crippen molar-refractivity contribution in [3.8, 4) is 0 Å². The van der Waals surface area contributed by atoms with Crippen LogP contribution in [0, 0.1) is 5.92 Å². The van der Waals surface area contributed by atoms with Gasteiger partial charge in [-0.3, -0.25) is 10.1 Å². The third-order valence-corrected chi connectivity index (χ3v) is 4.93. The van der Waals surface area contributed by atoms with E-state index in [0.29, 0.717) is 13.1 Å². The monoisotopic (exact) mass is 263 g/mol. The van der Waals surface area contributed by atoms with Crippen LogP contribution in [-0.2, 0) is 14.6 Å². The van der Waals surface area contributed by atoms with E-state index in [-0.39, 0.29) is 11.7 Å². The van der Waals surface area contributed by atoms with Gasteiger partial charge >= 0.3 is 6.03 Å². The number of urea groups is 1. The van der Waals surface area contributed by atoms with E-state index in [2.05, 4.69) is 10.6 Å². The average Bonchev–Trinajstić information content (AvgIpc) is 2.22. The molecule has 1 saturated heterocycles. The molecule has 1 unspecified atom stereocenters. The minimum absolute atomic E-state index is 0.0255. The van der Waals surface area contributed by atoms with Gasteiger partial charge in [0.05, 0.1) is 5.75 Å². The predicted octanol–water partition coefficient (Wildman–Crippen LogP) is -1.54. The molecule has 8 heteroatoms.